The lowest BCUT2D eigenvalue weighted by Gasteiger charge is -2.07. The first kappa shape index (κ1) is 9.56. The molecule has 1 rings (SSSR count). The van der Waals surface area contributed by atoms with Crippen molar-refractivity contribution in [2.75, 3.05) is 6.61 Å². The van der Waals surface area contributed by atoms with Crippen molar-refractivity contribution in [3.63, 3.8) is 0 Å². The van der Waals surface area contributed by atoms with Crippen molar-refractivity contribution in [2.24, 2.45) is 0 Å². The summed E-state index contributed by atoms with van der Waals surface area (Å²) >= 11 is 5.99. The van der Waals surface area contributed by atoms with E-state index in [0.717, 1.165) is 17.2 Å². The molecule has 2 heteroatoms. The van der Waals surface area contributed by atoms with Crippen LogP contribution in [0.1, 0.15) is 18.1 Å². The molecule has 0 unspecified atom stereocenters. The van der Waals surface area contributed by atoms with Crippen molar-refractivity contribution in [3.05, 3.63) is 34.3 Å². The first-order valence-electron chi connectivity index (χ1n) is 4.07. The van der Waals surface area contributed by atoms with Gasteiger partial charge < -0.3 is 4.74 Å². The molecule has 0 amide bonds. The Hall–Kier alpha value is -0.530. The van der Waals surface area contributed by atoms with Gasteiger partial charge in [0.1, 0.15) is 0 Å². The van der Waals surface area contributed by atoms with E-state index in [0.29, 0.717) is 6.61 Å². The second kappa shape index (κ2) is 4.48. The fourth-order valence-electron chi connectivity index (χ4n) is 1.05. The number of benzene rings is 1. The zero-order valence-corrected chi connectivity index (χ0v) is 8.19. The molecule has 0 spiro atoms. The largest absolute Gasteiger partial charge is 0.377 e. The van der Waals surface area contributed by atoms with Crippen LogP contribution >= 0.6 is 11.6 Å². The standard InChI is InChI=1S/C10H13ClO/c1-3-12-7-9-8(2)5-4-6-10(9)11/h4-6H,3,7H2,1-2H3. The van der Waals surface area contributed by atoms with Gasteiger partial charge in [0, 0.05) is 11.6 Å². The van der Waals surface area contributed by atoms with Crippen LogP contribution in [0.2, 0.25) is 5.02 Å². The first-order chi connectivity index (χ1) is 5.75. The van der Waals surface area contributed by atoms with Crippen molar-refractivity contribution >= 4 is 11.6 Å². The number of rotatable bonds is 3. The lowest BCUT2D eigenvalue weighted by Crippen LogP contribution is -1.95. The van der Waals surface area contributed by atoms with Crippen LogP contribution in [0.5, 0.6) is 0 Å². The van der Waals surface area contributed by atoms with E-state index < -0.39 is 0 Å². The Bertz CT molecular complexity index is 238. The van der Waals surface area contributed by atoms with Gasteiger partial charge in [-0.15, -0.1) is 0 Å². The fourth-order valence-corrected chi connectivity index (χ4v) is 1.33. The first-order valence-corrected chi connectivity index (χ1v) is 4.45. The number of hydrogen-bond acceptors (Lipinski definition) is 1. The minimum Gasteiger partial charge on any atom is -0.377 e. The zero-order valence-electron chi connectivity index (χ0n) is 7.43. The van der Waals surface area contributed by atoms with Gasteiger partial charge in [0.25, 0.3) is 0 Å². The SMILES string of the molecule is CCOCc1c(C)cccc1Cl. The number of halogens is 1. The van der Waals surface area contributed by atoms with Crippen molar-refractivity contribution in [3.8, 4) is 0 Å². The maximum Gasteiger partial charge on any atom is 0.0733 e. The van der Waals surface area contributed by atoms with Gasteiger partial charge in [-0.25, -0.2) is 0 Å². The Morgan fingerprint density at radius 2 is 2.17 bits per heavy atom. The van der Waals surface area contributed by atoms with Crippen LogP contribution in [0.4, 0.5) is 0 Å². The van der Waals surface area contributed by atoms with Crippen LogP contribution in [-0.4, -0.2) is 6.61 Å². The van der Waals surface area contributed by atoms with E-state index in [1.54, 1.807) is 0 Å². The van der Waals surface area contributed by atoms with E-state index in [1.165, 1.54) is 5.56 Å². The summed E-state index contributed by atoms with van der Waals surface area (Å²) < 4.78 is 5.30. The lowest BCUT2D eigenvalue weighted by atomic mass is 10.1. The molecule has 12 heavy (non-hydrogen) atoms. The van der Waals surface area contributed by atoms with E-state index in [9.17, 15) is 0 Å². The van der Waals surface area contributed by atoms with E-state index in [-0.39, 0.29) is 0 Å². The molecule has 0 aromatic heterocycles. The second-order valence-electron chi connectivity index (χ2n) is 2.67. The Balaban J connectivity index is 2.81. The predicted octanol–water partition coefficient (Wildman–Crippen LogP) is 3.18. The van der Waals surface area contributed by atoms with E-state index in [4.69, 9.17) is 16.3 Å². The van der Waals surface area contributed by atoms with Crippen molar-refractivity contribution in [1.82, 2.24) is 0 Å². The van der Waals surface area contributed by atoms with Crippen molar-refractivity contribution in [2.45, 2.75) is 20.5 Å². The van der Waals surface area contributed by atoms with Gasteiger partial charge in [0.05, 0.1) is 6.61 Å². The van der Waals surface area contributed by atoms with Gasteiger partial charge in [0.2, 0.25) is 0 Å². The molecular weight excluding hydrogens is 172 g/mol. The molecule has 0 aliphatic rings. The fraction of sp³-hybridized carbons (Fsp3) is 0.400. The molecular formula is C10H13ClO. The predicted molar refractivity (Wildman–Crippen MR) is 51.5 cm³/mol. The molecule has 0 heterocycles. The molecule has 1 aromatic rings. The summed E-state index contributed by atoms with van der Waals surface area (Å²) in [6.07, 6.45) is 0. The van der Waals surface area contributed by atoms with Gasteiger partial charge in [0.15, 0.2) is 0 Å². The highest BCUT2D eigenvalue weighted by atomic mass is 35.5. The Morgan fingerprint density at radius 1 is 1.42 bits per heavy atom. The maximum absolute atomic E-state index is 5.99. The number of aryl methyl sites for hydroxylation is 1. The van der Waals surface area contributed by atoms with Crippen LogP contribution < -0.4 is 0 Å². The van der Waals surface area contributed by atoms with Gasteiger partial charge in [-0.3, -0.25) is 0 Å². The quantitative estimate of drug-likeness (QED) is 0.701. The van der Waals surface area contributed by atoms with Crippen molar-refractivity contribution < 1.29 is 4.74 Å². The van der Waals surface area contributed by atoms with Gasteiger partial charge in [-0.1, -0.05) is 23.7 Å². The van der Waals surface area contributed by atoms with E-state index in [1.807, 2.05) is 32.0 Å². The van der Waals surface area contributed by atoms with Crippen molar-refractivity contribution in [1.29, 1.82) is 0 Å². The summed E-state index contributed by atoms with van der Waals surface area (Å²) in [5.74, 6) is 0. The molecule has 0 atom stereocenters. The van der Waals surface area contributed by atoms with Crippen LogP contribution in [0, 0.1) is 6.92 Å². The minimum atomic E-state index is 0.613. The third-order valence-corrected chi connectivity index (χ3v) is 2.16. The smallest absolute Gasteiger partial charge is 0.0733 e. The molecule has 1 nitrogen and oxygen atoms in total. The molecule has 0 aliphatic carbocycles. The third-order valence-electron chi connectivity index (χ3n) is 1.80. The van der Waals surface area contributed by atoms with E-state index >= 15 is 0 Å². The normalized spacial score (nSPS) is 10.2. The third kappa shape index (κ3) is 2.23. The summed E-state index contributed by atoms with van der Waals surface area (Å²) in [4.78, 5) is 0. The van der Waals surface area contributed by atoms with Crippen LogP contribution in [0.3, 0.4) is 0 Å². The Kier molecular flexibility index (Phi) is 3.57. The second-order valence-corrected chi connectivity index (χ2v) is 3.08. The zero-order chi connectivity index (χ0) is 8.97. The molecule has 0 bridgehead atoms. The maximum atomic E-state index is 5.99. The van der Waals surface area contributed by atoms with Crippen LogP contribution in [0.15, 0.2) is 18.2 Å². The molecule has 0 saturated carbocycles. The number of ether oxygens (including phenoxy) is 1. The number of hydrogen-bond donors (Lipinski definition) is 0. The van der Waals surface area contributed by atoms with Crippen LogP contribution in [-0.2, 0) is 11.3 Å². The topological polar surface area (TPSA) is 9.23 Å². The highest BCUT2D eigenvalue weighted by molar-refractivity contribution is 6.31. The minimum absolute atomic E-state index is 0.613. The molecule has 66 valence electrons. The highest BCUT2D eigenvalue weighted by Crippen LogP contribution is 2.19. The van der Waals surface area contributed by atoms with Crippen LogP contribution in [0.25, 0.3) is 0 Å². The average Bonchev–Trinajstić information content (AvgIpc) is 2.04. The highest BCUT2D eigenvalue weighted by Gasteiger charge is 2.01. The summed E-state index contributed by atoms with van der Waals surface area (Å²) in [5, 5.41) is 0.795. The molecule has 1 aromatic carbocycles. The van der Waals surface area contributed by atoms with E-state index in [2.05, 4.69) is 0 Å². The summed E-state index contributed by atoms with van der Waals surface area (Å²) in [5.41, 5.74) is 2.29. The summed E-state index contributed by atoms with van der Waals surface area (Å²) in [6, 6.07) is 5.89. The molecule has 0 fully saturated rings. The van der Waals surface area contributed by atoms with Gasteiger partial charge in [-0.05, 0) is 31.0 Å². The summed E-state index contributed by atoms with van der Waals surface area (Å²) in [6.45, 7) is 5.36. The molecule has 0 N–H and O–H groups in total. The summed E-state index contributed by atoms with van der Waals surface area (Å²) in [7, 11) is 0. The average molecular weight is 185 g/mol. The monoisotopic (exact) mass is 184 g/mol. The van der Waals surface area contributed by atoms with Gasteiger partial charge >= 0.3 is 0 Å². The molecule has 0 saturated heterocycles. The molecule has 0 aliphatic heterocycles. The molecule has 0 radical (unpaired) electrons. The Morgan fingerprint density at radius 3 is 2.75 bits per heavy atom. The lowest BCUT2D eigenvalue weighted by molar-refractivity contribution is 0.133. The Labute approximate surface area is 78.3 Å². The van der Waals surface area contributed by atoms with Gasteiger partial charge in [-0.2, -0.15) is 0 Å².